The van der Waals surface area contributed by atoms with Crippen LogP contribution in [-0.4, -0.2) is 31.6 Å². The first kappa shape index (κ1) is 11.4. The maximum absolute atomic E-state index is 11.6. The summed E-state index contributed by atoms with van der Waals surface area (Å²) in [4.78, 5) is 11.6. The van der Waals surface area contributed by atoms with Crippen molar-refractivity contribution in [2.24, 2.45) is 0 Å². The molecule has 0 unspecified atom stereocenters. The van der Waals surface area contributed by atoms with E-state index in [9.17, 15) is 4.79 Å². The summed E-state index contributed by atoms with van der Waals surface area (Å²) in [7, 11) is 0. The number of carbonyl (C=O) groups excluding carboxylic acids is 1. The molecule has 1 N–H and O–H groups in total. The van der Waals surface area contributed by atoms with Gasteiger partial charge in [0.05, 0.1) is 18.6 Å². The Bertz CT molecular complexity index is 315. The number of nitrogens with one attached hydrogen (secondary N) is 1. The third kappa shape index (κ3) is 3.47. The zero-order valence-corrected chi connectivity index (χ0v) is 9.28. The van der Waals surface area contributed by atoms with Gasteiger partial charge in [-0.3, -0.25) is 4.79 Å². The van der Waals surface area contributed by atoms with Crippen molar-refractivity contribution in [1.82, 2.24) is 5.32 Å². The molecule has 0 aliphatic carbocycles. The van der Waals surface area contributed by atoms with Crippen LogP contribution in [0.2, 0.25) is 0 Å². The minimum absolute atomic E-state index is 0.111. The summed E-state index contributed by atoms with van der Waals surface area (Å²) in [6.07, 6.45) is 5.83. The van der Waals surface area contributed by atoms with Crippen LogP contribution in [0.15, 0.2) is 23.0 Å². The number of furan rings is 1. The van der Waals surface area contributed by atoms with Crippen LogP contribution in [0.4, 0.5) is 0 Å². The Hall–Kier alpha value is -1.13. The lowest BCUT2D eigenvalue weighted by Crippen LogP contribution is -2.33. The van der Waals surface area contributed by atoms with Gasteiger partial charge in [0.1, 0.15) is 6.61 Å². The van der Waals surface area contributed by atoms with Crippen LogP contribution in [0.25, 0.3) is 0 Å². The number of rotatable bonds is 5. The summed E-state index contributed by atoms with van der Waals surface area (Å²) >= 11 is 0. The standard InChI is InChI=1S/C12H17NO3/c14-11(7-10-3-6-15-8-10)9-16-12-1-4-13-5-2-12/h3,6,8,12-13H,1-2,4-5,7,9H2. The number of carbonyl (C=O) groups is 1. The highest BCUT2D eigenvalue weighted by Gasteiger charge is 2.15. The molecule has 0 aromatic carbocycles. The summed E-state index contributed by atoms with van der Waals surface area (Å²) in [6.45, 7) is 2.19. The molecule has 4 nitrogen and oxygen atoms in total. The van der Waals surface area contributed by atoms with Crippen LogP contribution < -0.4 is 5.32 Å². The van der Waals surface area contributed by atoms with Gasteiger partial charge in [0.15, 0.2) is 5.78 Å². The highest BCUT2D eigenvalue weighted by molar-refractivity contribution is 5.81. The van der Waals surface area contributed by atoms with Crippen molar-refractivity contribution in [1.29, 1.82) is 0 Å². The molecule has 88 valence electrons. The van der Waals surface area contributed by atoms with Crippen molar-refractivity contribution < 1.29 is 13.9 Å². The van der Waals surface area contributed by atoms with E-state index in [1.807, 2.05) is 6.07 Å². The third-order valence-corrected chi connectivity index (χ3v) is 2.75. The molecule has 1 aliphatic heterocycles. The second-order valence-corrected chi connectivity index (χ2v) is 4.11. The average molecular weight is 223 g/mol. The molecular weight excluding hydrogens is 206 g/mol. The van der Waals surface area contributed by atoms with Crippen LogP contribution in [0, 0.1) is 0 Å². The monoisotopic (exact) mass is 223 g/mol. The summed E-state index contributed by atoms with van der Waals surface area (Å²) < 4.78 is 10.5. The molecule has 1 aromatic rings. The van der Waals surface area contributed by atoms with Crippen LogP contribution in [0.3, 0.4) is 0 Å². The van der Waals surface area contributed by atoms with E-state index >= 15 is 0 Å². The summed E-state index contributed by atoms with van der Waals surface area (Å²) in [6, 6.07) is 1.81. The minimum atomic E-state index is 0.111. The van der Waals surface area contributed by atoms with Gasteiger partial charge in [-0.1, -0.05) is 0 Å². The van der Waals surface area contributed by atoms with Gasteiger partial charge in [-0.25, -0.2) is 0 Å². The van der Waals surface area contributed by atoms with E-state index in [0.29, 0.717) is 6.42 Å². The van der Waals surface area contributed by atoms with Crippen molar-refractivity contribution in [3.8, 4) is 0 Å². The predicted octanol–water partition coefficient (Wildman–Crippen LogP) is 1.16. The second kappa shape index (κ2) is 5.82. The molecule has 0 radical (unpaired) electrons. The predicted molar refractivity (Wildman–Crippen MR) is 59.3 cm³/mol. The van der Waals surface area contributed by atoms with E-state index in [2.05, 4.69) is 5.32 Å². The van der Waals surface area contributed by atoms with Crippen LogP contribution in [0.5, 0.6) is 0 Å². The highest BCUT2D eigenvalue weighted by atomic mass is 16.5. The number of hydrogen-bond acceptors (Lipinski definition) is 4. The van der Waals surface area contributed by atoms with Crippen LogP contribution in [0.1, 0.15) is 18.4 Å². The highest BCUT2D eigenvalue weighted by Crippen LogP contribution is 2.08. The van der Waals surface area contributed by atoms with Gasteiger partial charge < -0.3 is 14.5 Å². The first-order chi connectivity index (χ1) is 7.84. The van der Waals surface area contributed by atoms with Gasteiger partial charge in [-0.2, -0.15) is 0 Å². The third-order valence-electron chi connectivity index (χ3n) is 2.75. The molecule has 0 bridgehead atoms. The maximum atomic E-state index is 11.6. The van der Waals surface area contributed by atoms with E-state index in [1.54, 1.807) is 12.5 Å². The van der Waals surface area contributed by atoms with Gasteiger partial charge in [0, 0.05) is 6.42 Å². The summed E-state index contributed by atoms with van der Waals surface area (Å²) in [5.41, 5.74) is 0.916. The second-order valence-electron chi connectivity index (χ2n) is 4.11. The Balaban J connectivity index is 1.67. The largest absolute Gasteiger partial charge is 0.472 e. The number of ether oxygens (including phenoxy) is 1. The molecule has 1 fully saturated rings. The molecule has 1 aromatic heterocycles. The van der Waals surface area contributed by atoms with Crippen molar-refractivity contribution in [3.63, 3.8) is 0 Å². The number of piperidine rings is 1. The zero-order chi connectivity index (χ0) is 11.2. The molecule has 4 heteroatoms. The van der Waals surface area contributed by atoms with E-state index in [1.165, 1.54) is 0 Å². The molecule has 1 aliphatic rings. The molecule has 16 heavy (non-hydrogen) atoms. The molecular formula is C12H17NO3. The molecule has 0 saturated carbocycles. The SMILES string of the molecule is O=C(COC1CCNCC1)Cc1ccoc1. The quantitative estimate of drug-likeness (QED) is 0.813. The Morgan fingerprint density at radius 1 is 1.50 bits per heavy atom. The van der Waals surface area contributed by atoms with Gasteiger partial charge in [0.25, 0.3) is 0 Å². The first-order valence-corrected chi connectivity index (χ1v) is 5.69. The van der Waals surface area contributed by atoms with E-state index in [-0.39, 0.29) is 18.5 Å². The average Bonchev–Trinajstić information content (AvgIpc) is 2.81. The fraction of sp³-hybridized carbons (Fsp3) is 0.583. The molecule has 0 atom stereocenters. The topological polar surface area (TPSA) is 51.5 Å². The van der Waals surface area contributed by atoms with Crippen molar-refractivity contribution in [2.75, 3.05) is 19.7 Å². The van der Waals surface area contributed by atoms with Crippen molar-refractivity contribution in [3.05, 3.63) is 24.2 Å². The molecule has 0 amide bonds. The minimum Gasteiger partial charge on any atom is -0.472 e. The number of Topliss-reactive ketones (excluding diaryl/α,β-unsaturated/α-hetero) is 1. The van der Waals surface area contributed by atoms with Crippen LogP contribution >= 0.6 is 0 Å². The Morgan fingerprint density at radius 2 is 2.31 bits per heavy atom. The maximum Gasteiger partial charge on any atom is 0.162 e. The van der Waals surface area contributed by atoms with Gasteiger partial charge in [-0.15, -0.1) is 0 Å². The normalized spacial score (nSPS) is 17.5. The van der Waals surface area contributed by atoms with Gasteiger partial charge >= 0.3 is 0 Å². The molecule has 1 saturated heterocycles. The Kier molecular flexibility index (Phi) is 4.13. The number of hydrogen-bond donors (Lipinski definition) is 1. The smallest absolute Gasteiger partial charge is 0.162 e. The molecule has 0 spiro atoms. The van der Waals surface area contributed by atoms with Gasteiger partial charge in [0.2, 0.25) is 0 Å². The van der Waals surface area contributed by atoms with E-state index in [4.69, 9.17) is 9.15 Å². The lowest BCUT2D eigenvalue weighted by atomic mass is 10.1. The lowest BCUT2D eigenvalue weighted by Gasteiger charge is -2.22. The van der Waals surface area contributed by atoms with E-state index < -0.39 is 0 Å². The van der Waals surface area contributed by atoms with Gasteiger partial charge in [-0.05, 0) is 37.6 Å². The lowest BCUT2D eigenvalue weighted by molar-refractivity contribution is -0.125. The Labute approximate surface area is 95.0 Å². The summed E-state index contributed by atoms with van der Waals surface area (Å²) in [5, 5.41) is 3.26. The molecule has 2 heterocycles. The van der Waals surface area contributed by atoms with E-state index in [0.717, 1.165) is 31.5 Å². The Morgan fingerprint density at radius 3 is 3.00 bits per heavy atom. The fourth-order valence-electron chi connectivity index (χ4n) is 1.84. The first-order valence-electron chi connectivity index (χ1n) is 5.69. The van der Waals surface area contributed by atoms with Crippen LogP contribution in [-0.2, 0) is 16.0 Å². The summed E-state index contributed by atoms with van der Waals surface area (Å²) in [5.74, 6) is 0.111. The van der Waals surface area contributed by atoms with Crippen molar-refractivity contribution >= 4 is 5.78 Å². The van der Waals surface area contributed by atoms with Crippen molar-refractivity contribution in [2.45, 2.75) is 25.4 Å². The zero-order valence-electron chi connectivity index (χ0n) is 9.28. The fourth-order valence-corrected chi connectivity index (χ4v) is 1.84. The number of ketones is 1. The molecule has 2 rings (SSSR count).